The Hall–Kier alpha value is -2.43. The normalized spacial score (nSPS) is 11.8. The molecule has 0 aliphatic heterocycles. The quantitative estimate of drug-likeness (QED) is 0.239. The van der Waals surface area contributed by atoms with Gasteiger partial charge >= 0.3 is 5.97 Å². The van der Waals surface area contributed by atoms with Crippen LogP contribution in [0.3, 0.4) is 0 Å². The van der Waals surface area contributed by atoms with Gasteiger partial charge in [0, 0.05) is 18.4 Å². The van der Waals surface area contributed by atoms with Crippen LogP contribution in [0.1, 0.15) is 84.1 Å². The maximum absolute atomic E-state index is 11.8. The Kier molecular flexibility index (Phi) is 11.7. The van der Waals surface area contributed by atoms with Gasteiger partial charge in [0.15, 0.2) is 11.6 Å². The molecule has 1 unspecified atom stereocenters. The molecule has 0 aliphatic carbocycles. The fraction of sp³-hybridized carbons (Fsp3) is 0.577. The highest BCUT2D eigenvalue weighted by Gasteiger charge is 2.10. The number of benzene rings is 1. The van der Waals surface area contributed by atoms with E-state index in [1.165, 1.54) is 32.1 Å². The number of hydrogen-bond donors (Lipinski definition) is 0. The molecule has 5 heteroatoms. The Balaban J connectivity index is 1.76. The topological polar surface area (TPSA) is 61.3 Å². The summed E-state index contributed by atoms with van der Waals surface area (Å²) in [6.45, 7) is 6.95. The van der Waals surface area contributed by atoms with Crippen LogP contribution in [0.25, 0.3) is 11.4 Å². The molecule has 0 amide bonds. The number of esters is 1. The summed E-state index contributed by atoms with van der Waals surface area (Å²) in [5, 5.41) is 0. The van der Waals surface area contributed by atoms with Gasteiger partial charge in [0.1, 0.15) is 6.10 Å². The summed E-state index contributed by atoms with van der Waals surface area (Å²) in [6.07, 6.45) is 13.9. The van der Waals surface area contributed by atoms with Crippen molar-refractivity contribution in [1.82, 2.24) is 9.97 Å². The van der Waals surface area contributed by atoms with E-state index in [4.69, 9.17) is 9.47 Å². The SMILES string of the molecule is CCCCCCCCOc1cnc(-c2ccc(CC(C)OC(=O)CCCC)cc2)nc1. The minimum absolute atomic E-state index is 0.113. The first-order valence-corrected chi connectivity index (χ1v) is 11.9. The molecule has 0 saturated heterocycles. The highest BCUT2D eigenvalue weighted by molar-refractivity contribution is 5.69. The number of aromatic nitrogens is 2. The van der Waals surface area contributed by atoms with E-state index in [1.807, 2.05) is 31.2 Å². The number of hydrogen-bond acceptors (Lipinski definition) is 5. The van der Waals surface area contributed by atoms with Gasteiger partial charge in [0.05, 0.1) is 19.0 Å². The van der Waals surface area contributed by atoms with Crippen molar-refractivity contribution >= 4 is 5.97 Å². The van der Waals surface area contributed by atoms with E-state index in [1.54, 1.807) is 12.4 Å². The van der Waals surface area contributed by atoms with Crippen molar-refractivity contribution < 1.29 is 14.3 Å². The first kappa shape index (κ1) is 24.8. The summed E-state index contributed by atoms with van der Waals surface area (Å²) in [5.74, 6) is 1.28. The number of nitrogens with zero attached hydrogens (tertiary/aromatic N) is 2. The summed E-state index contributed by atoms with van der Waals surface area (Å²) >= 11 is 0. The molecule has 0 spiro atoms. The third-order valence-corrected chi connectivity index (χ3v) is 5.20. The molecular weight excluding hydrogens is 388 g/mol. The van der Waals surface area contributed by atoms with Crippen LogP contribution in [0.2, 0.25) is 0 Å². The Labute approximate surface area is 187 Å². The number of rotatable bonds is 15. The van der Waals surface area contributed by atoms with E-state index in [0.29, 0.717) is 31.0 Å². The first-order valence-electron chi connectivity index (χ1n) is 11.9. The van der Waals surface area contributed by atoms with Crippen LogP contribution in [0, 0.1) is 0 Å². The molecule has 0 fully saturated rings. The van der Waals surface area contributed by atoms with Gasteiger partial charge in [-0.1, -0.05) is 76.6 Å². The van der Waals surface area contributed by atoms with Crippen LogP contribution in [0.5, 0.6) is 5.75 Å². The molecule has 0 saturated carbocycles. The van der Waals surface area contributed by atoms with Crippen LogP contribution in [-0.4, -0.2) is 28.6 Å². The second-order valence-corrected chi connectivity index (χ2v) is 8.16. The van der Waals surface area contributed by atoms with Gasteiger partial charge in [-0.3, -0.25) is 4.79 Å². The fourth-order valence-corrected chi connectivity index (χ4v) is 3.38. The Bertz CT molecular complexity index is 744. The summed E-state index contributed by atoms with van der Waals surface area (Å²) in [6, 6.07) is 8.09. The maximum atomic E-state index is 11.8. The van der Waals surface area contributed by atoms with Crippen molar-refractivity contribution in [1.29, 1.82) is 0 Å². The van der Waals surface area contributed by atoms with E-state index < -0.39 is 0 Å². The van der Waals surface area contributed by atoms with E-state index in [0.717, 1.165) is 30.4 Å². The van der Waals surface area contributed by atoms with Gasteiger partial charge in [0.25, 0.3) is 0 Å². The second-order valence-electron chi connectivity index (χ2n) is 8.16. The number of carbonyl (C=O) groups excluding carboxylic acids is 1. The van der Waals surface area contributed by atoms with Gasteiger partial charge in [-0.15, -0.1) is 0 Å². The summed E-state index contributed by atoms with van der Waals surface area (Å²) < 4.78 is 11.2. The summed E-state index contributed by atoms with van der Waals surface area (Å²) in [7, 11) is 0. The summed E-state index contributed by atoms with van der Waals surface area (Å²) in [4.78, 5) is 20.6. The minimum Gasteiger partial charge on any atom is -0.490 e. The predicted molar refractivity (Wildman–Crippen MR) is 125 cm³/mol. The molecule has 1 aromatic carbocycles. The van der Waals surface area contributed by atoms with Crippen LogP contribution in [-0.2, 0) is 16.0 Å². The van der Waals surface area contributed by atoms with Crippen LogP contribution in [0.15, 0.2) is 36.7 Å². The lowest BCUT2D eigenvalue weighted by molar-refractivity contribution is -0.148. The number of ether oxygens (including phenoxy) is 2. The van der Waals surface area contributed by atoms with Crippen molar-refractivity contribution in [3.63, 3.8) is 0 Å². The maximum Gasteiger partial charge on any atom is 0.306 e. The number of carbonyl (C=O) groups is 1. The highest BCUT2D eigenvalue weighted by atomic mass is 16.5. The lowest BCUT2D eigenvalue weighted by Gasteiger charge is -2.13. The Morgan fingerprint density at radius 1 is 0.903 bits per heavy atom. The smallest absolute Gasteiger partial charge is 0.306 e. The monoisotopic (exact) mass is 426 g/mol. The molecule has 170 valence electrons. The van der Waals surface area contributed by atoms with E-state index in [9.17, 15) is 4.79 Å². The zero-order chi connectivity index (χ0) is 22.3. The zero-order valence-electron chi connectivity index (χ0n) is 19.4. The molecule has 0 radical (unpaired) electrons. The largest absolute Gasteiger partial charge is 0.490 e. The molecule has 0 bridgehead atoms. The molecule has 1 aromatic heterocycles. The molecule has 5 nitrogen and oxygen atoms in total. The van der Waals surface area contributed by atoms with Crippen molar-refractivity contribution in [2.45, 2.75) is 91.1 Å². The van der Waals surface area contributed by atoms with E-state index in [-0.39, 0.29) is 12.1 Å². The molecule has 31 heavy (non-hydrogen) atoms. The molecule has 0 aliphatic rings. The lowest BCUT2D eigenvalue weighted by atomic mass is 10.1. The predicted octanol–water partition coefficient (Wildman–Crippen LogP) is 6.55. The molecule has 2 aromatic rings. The molecule has 1 atom stereocenters. The van der Waals surface area contributed by atoms with Crippen LogP contribution >= 0.6 is 0 Å². The first-order chi connectivity index (χ1) is 15.1. The Morgan fingerprint density at radius 3 is 2.23 bits per heavy atom. The van der Waals surface area contributed by atoms with E-state index in [2.05, 4.69) is 23.8 Å². The van der Waals surface area contributed by atoms with Gasteiger partial charge in [-0.05, 0) is 25.3 Å². The Morgan fingerprint density at radius 2 is 1.55 bits per heavy atom. The average molecular weight is 427 g/mol. The zero-order valence-corrected chi connectivity index (χ0v) is 19.4. The molecule has 2 rings (SSSR count). The highest BCUT2D eigenvalue weighted by Crippen LogP contribution is 2.19. The standard InChI is InChI=1S/C26H38N2O3/c1-4-6-8-9-10-11-17-30-24-19-27-26(28-20-24)23-15-13-22(14-16-23)18-21(3)31-25(29)12-7-5-2/h13-16,19-21H,4-12,17-18H2,1-3H3. The number of unbranched alkanes of at least 4 members (excludes halogenated alkanes) is 6. The van der Waals surface area contributed by atoms with Crippen LogP contribution in [0.4, 0.5) is 0 Å². The van der Waals surface area contributed by atoms with Crippen LogP contribution < -0.4 is 4.74 Å². The lowest BCUT2D eigenvalue weighted by Crippen LogP contribution is -2.17. The third-order valence-electron chi connectivity index (χ3n) is 5.20. The van der Waals surface area contributed by atoms with Gasteiger partial charge in [-0.2, -0.15) is 0 Å². The summed E-state index contributed by atoms with van der Waals surface area (Å²) in [5.41, 5.74) is 2.08. The van der Waals surface area contributed by atoms with Gasteiger partial charge in [-0.25, -0.2) is 9.97 Å². The van der Waals surface area contributed by atoms with Crippen molar-refractivity contribution in [3.8, 4) is 17.1 Å². The fourth-order valence-electron chi connectivity index (χ4n) is 3.38. The van der Waals surface area contributed by atoms with E-state index >= 15 is 0 Å². The second kappa shape index (κ2) is 14.6. The van der Waals surface area contributed by atoms with Gasteiger partial charge < -0.3 is 9.47 Å². The third kappa shape index (κ3) is 9.95. The van der Waals surface area contributed by atoms with Crippen molar-refractivity contribution in [2.75, 3.05) is 6.61 Å². The molecule has 1 heterocycles. The molecular formula is C26H38N2O3. The van der Waals surface area contributed by atoms with Crippen molar-refractivity contribution in [3.05, 3.63) is 42.2 Å². The van der Waals surface area contributed by atoms with Crippen molar-refractivity contribution in [2.24, 2.45) is 0 Å². The minimum atomic E-state index is -0.130. The molecule has 0 N–H and O–H groups in total. The average Bonchev–Trinajstić information content (AvgIpc) is 2.78. The van der Waals surface area contributed by atoms with Gasteiger partial charge in [0.2, 0.25) is 0 Å².